The summed E-state index contributed by atoms with van der Waals surface area (Å²) >= 11 is 0. The quantitative estimate of drug-likeness (QED) is 0.724. The van der Waals surface area contributed by atoms with Gasteiger partial charge < -0.3 is 14.5 Å². The van der Waals surface area contributed by atoms with Crippen LogP contribution in [0.3, 0.4) is 0 Å². The normalized spacial score (nSPS) is 13.0. The van der Waals surface area contributed by atoms with Crippen molar-refractivity contribution < 1.29 is 9.15 Å². The average Bonchev–Trinajstić information content (AvgIpc) is 2.67. The number of hydrogen-bond acceptors (Lipinski definition) is 3. The van der Waals surface area contributed by atoms with E-state index >= 15 is 0 Å². The lowest BCUT2D eigenvalue weighted by molar-refractivity contribution is 0.181. The Labute approximate surface area is 85.4 Å². The minimum Gasteiger partial charge on any atom is -0.469 e. The van der Waals surface area contributed by atoms with Crippen molar-refractivity contribution in [3.05, 3.63) is 24.2 Å². The third-order valence-corrected chi connectivity index (χ3v) is 2.19. The fourth-order valence-corrected chi connectivity index (χ4v) is 1.50. The van der Waals surface area contributed by atoms with Gasteiger partial charge in [0.15, 0.2) is 0 Å². The Hall–Kier alpha value is -0.800. The van der Waals surface area contributed by atoms with Crippen molar-refractivity contribution in [2.45, 2.75) is 25.8 Å². The van der Waals surface area contributed by atoms with Gasteiger partial charge in [-0.05, 0) is 25.1 Å². The van der Waals surface area contributed by atoms with Crippen LogP contribution in [0.15, 0.2) is 22.8 Å². The Morgan fingerprint density at radius 3 is 3.00 bits per heavy atom. The van der Waals surface area contributed by atoms with Crippen LogP contribution in [0.5, 0.6) is 0 Å². The van der Waals surface area contributed by atoms with E-state index in [-0.39, 0.29) is 0 Å². The molecule has 80 valence electrons. The second-order valence-corrected chi connectivity index (χ2v) is 3.32. The monoisotopic (exact) mass is 197 g/mol. The Morgan fingerprint density at radius 2 is 2.43 bits per heavy atom. The molecule has 0 spiro atoms. The molecule has 1 aromatic rings. The molecule has 1 atom stereocenters. The molecule has 0 fully saturated rings. The molecule has 0 aromatic carbocycles. The van der Waals surface area contributed by atoms with Gasteiger partial charge in [-0.25, -0.2) is 0 Å². The highest BCUT2D eigenvalue weighted by atomic mass is 16.5. The number of hydrogen-bond donors (Lipinski definition) is 1. The van der Waals surface area contributed by atoms with Gasteiger partial charge in [0.05, 0.1) is 6.26 Å². The van der Waals surface area contributed by atoms with Gasteiger partial charge >= 0.3 is 0 Å². The first-order chi connectivity index (χ1) is 6.86. The van der Waals surface area contributed by atoms with Crippen molar-refractivity contribution in [1.29, 1.82) is 0 Å². The highest BCUT2D eigenvalue weighted by Crippen LogP contribution is 2.06. The van der Waals surface area contributed by atoms with Crippen molar-refractivity contribution in [2.75, 3.05) is 20.3 Å². The van der Waals surface area contributed by atoms with Crippen molar-refractivity contribution in [1.82, 2.24) is 5.32 Å². The molecule has 0 saturated heterocycles. The maximum atomic E-state index is 5.31. The smallest absolute Gasteiger partial charge is 0.105 e. The van der Waals surface area contributed by atoms with Gasteiger partial charge in [-0.2, -0.15) is 0 Å². The maximum absolute atomic E-state index is 5.31. The lowest BCUT2D eigenvalue weighted by Crippen LogP contribution is -2.31. The standard InChI is InChI=1S/C11H19NO2/c1-3-12-10(6-8-13-2)9-11-5-4-7-14-11/h4-5,7,10,12H,3,6,8-9H2,1-2H3. The fraction of sp³-hybridized carbons (Fsp3) is 0.636. The topological polar surface area (TPSA) is 34.4 Å². The molecule has 0 aliphatic heterocycles. The number of ether oxygens (including phenoxy) is 1. The Balaban J connectivity index is 2.34. The van der Waals surface area contributed by atoms with Crippen molar-refractivity contribution in [3.8, 4) is 0 Å². The second kappa shape index (κ2) is 6.62. The van der Waals surface area contributed by atoms with E-state index in [0.29, 0.717) is 6.04 Å². The van der Waals surface area contributed by atoms with Gasteiger partial charge in [0, 0.05) is 26.2 Å². The lowest BCUT2D eigenvalue weighted by atomic mass is 10.1. The number of methoxy groups -OCH3 is 1. The predicted octanol–water partition coefficient (Wildman–Crippen LogP) is 1.84. The molecule has 0 saturated carbocycles. The summed E-state index contributed by atoms with van der Waals surface area (Å²) in [6, 6.07) is 4.39. The summed E-state index contributed by atoms with van der Waals surface area (Å²) < 4.78 is 10.4. The molecule has 0 radical (unpaired) electrons. The van der Waals surface area contributed by atoms with Crippen LogP contribution in [-0.2, 0) is 11.2 Å². The predicted molar refractivity (Wildman–Crippen MR) is 56.4 cm³/mol. The number of likely N-dealkylation sites (N-methyl/N-ethyl adjacent to an activating group) is 1. The Kier molecular flexibility index (Phi) is 5.33. The number of nitrogens with one attached hydrogen (secondary N) is 1. The molecule has 1 unspecified atom stereocenters. The molecule has 1 rings (SSSR count). The summed E-state index contributed by atoms with van der Waals surface area (Å²) in [6.45, 7) is 3.88. The van der Waals surface area contributed by atoms with E-state index in [9.17, 15) is 0 Å². The van der Waals surface area contributed by atoms with Crippen LogP contribution in [0.2, 0.25) is 0 Å². The van der Waals surface area contributed by atoms with Crippen LogP contribution in [0.25, 0.3) is 0 Å². The summed E-state index contributed by atoms with van der Waals surface area (Å²) in [7, 11) is 1.73. The van der Waals surface area contributed by atoms with Crippen LogP contribution in [-0.4, -0.2) is 26.3 Å². The largest absolute Gasteiger partial charge is 0.469 e. The minimum atomic E-state index is 0.450. The summed E-state index contributed by atoms with van der Waals surface area (Å²) in [6.07, 6.45) is 3.67. The molecule has 0 bridgehead atoms. The SMILES string of the molecule is CCNC(CCOC)Cc1ccco1. The second-order valence-electron chi connectivity index (χ2n) is 3.32. The molecule has 1 heterocycles. The molecule has 3 nitrogen and oxygen atoms in total. The van der Waals surface area contributed by atoms with Crippen LogP contribution >= 0.6 is 0 Å². The van der Waals surface area contributed by atoms with Crippen LogP contribution < -0.4 is 5.32 Å². The molecule has 0 amide bonds. The average molecular weight is 197 g/mol. The third-order valence-electron chi connectivity index (χ3n) is 2.19. The number of furan rings is 1. The summed E-state index contributed by atoms with van der Waals surface area (Å²) in [5.74, 6) is 1.03. The highest BCUT2D eigenvalue weighted by molar-refractivity contribution is 5.00. The Morgan fingerprint density at radius 1 is 1.57 bits per heavy atom. The third kappa shape index (κ3) is 3.94. The van der Waals surface area contributed by atoms with E-state index in [4.69, 9.17) is 9.15 Å². The molecule has 0 aliphatic carbocycles. The van der Waals surface area contributed by atoms with Crippen LogP contribution in [0, 0.1) is 0 Å². The molecule has 3 heteroatoms. The van der Waals surface area contributed by atoms with E-state index in [0.717, 1.165) is 31.8 Å². The van der Waals surface area contributed by atoms with E-state index < -0.39 is 0 Å². The first-order valence-corrected chi connectivity index (χ1v) is 5.11. The Bertz CT molecular complexity index is 221. The van der Waals surface area contributed by atoms with E-state index in [1.54, 1.807) is 13.4 Å². The van der Waals surface area contributed by atoms with Gasteiger partial charge in [-0.1, -0.05) is 6.92 Å². The van der Waals surface area contributed by atoms with Gasteiger partial charge in [-0.15, -0.1) is 0 Å². The lowest BCUT2D eigenvalue weighted by Gasteiger charge is -2.15. The van der Waals surface area contributed by atoms with Crippen molar-refractivity contribution in [3.63, 3.8) is 0 Å². The molecule has 1 aromatic heterocycles. The molecular weight excluding hydrogens is 178 g/mol. The van der Waals surface area contributed by atoms with E-state index in [2.05, 4.69) is 12.2 Å². The highest BCUT2D eigenvalue weighted by Gasteiger charge is 2.09. The van der Waals surface area contributed by atoms with Crippen molar-refractivity contribution >= 4 is 0 Å². The van der Waals surface area contributed by atoms with E-state index in [1.807, 2.05) is 12.1 Å². The van der Waals surface area contributed by atoms with Gasteiger partial charge in [0.1, 0.15) is 5.76 Å². The molecule has 14 heavy (non-hydrogen) atoms. The number of rotatable bonds is 7. The zero-order valence-corrected chi connectivity index (χ0v) is 8.95. The van der Waals surface area contributed by atoms with Crippen molar-refractivity contribution in [2.24, 2.45) is 0 Å². The summed E-state index contributed by atoms with van der Waals surface area (Å²) in [5.41, 5.74) is 0. The first-order valence-electron chi connectivity index (χ1n) is 5.11. The van der Waals surface area contributed by atoms with Crippen LogP contribution in [0.1, 0.15) is 19.1 Å². The fourth-order valence-electron chi connectivity index (χ4n) is 1.50. The van der Waals surface area contributed by atoms with E-state index in [1.165, 1.54) is 0 Å². The van der Waals surface area contributed by atoms with Crippen LogP contribution in [0.4, 0.5) is 0 Å². The summed E-state index contributed by atoms with van der Waals surface area (Å²) in [5, 5.41) is 3.42. The maximum Gasteiger partial charge on any atom is 0.105 e. The molecule has 0 aliphatic rings. The first kappa shape index (κ1) is 11.3. The summed E-state index contributed by atoms with van der Waals surface area (Å²) in [4.78, 5) is 0. The molecule has 1 N–H and O–H groups in total. The van der Waals surface area contributed by atoms with Gasteiger partial charge in [0.25, 0.3) is 0 Å². The zero-order chi connectivity index (χ0) is 10.2. The van der Waals surface area contributed by atoms with Gasteiger partial charge in [-0.3, -0.25) is 0 Å². The minimum absolute atomic E-state index is 0.450. The zero-order valence-electron chi connectivity index (χ0n) is 8.95. The molecular formula is C11H19NO2. The van der Waals surface area contributed by atoms with Gasteiger partial charge in [0.2, 0.25) is 0 Å².